The molecule has 3 rings (SSSR count). The predicted molar refractivity (Wildman–Crippen MR) is 120 cm³/mol. The van der Waals surface area contributed by atoms with Gasteiger partial charge in [-0.2, -0.15) is 13.2 Å². The summed E-state index contributed by atoms with van der Waals surface area (Å²) in [5.74, 6) is -0.0786. The van der Waals surface area contributed by atoms with Gasteiger partial charge in [-0.1, -0.05) is 18.2 Å². The van der Waals surface area contributed by atoms with E-state index in [2.05, 4.69) is 0 Å². The number of alkyl halides is 3. The lowest BCUT2D eigenvalue weighted by Gasteiger charge is -2.43. The van der Waals surface area contributed by atoms with Crippen molar-refractivity contribution in [2.24, 2.45) is 5.73 Å². The Morgan fingerprint density at radius 1 is 1.09 bits per heavy atom. The average molecular weight is 467 g/mol. The number of nitrogen functional groups attached to an aromatic ring is 1. The first-order valence-corrected chi connectivity index (χ1v) is 10.6. The van der Waals surface area contributed by atoms with E-state index in [4.69, 9.17) is 20.9 Å². The normalized spacial score (nSPS) is 17.1. The fourth-order valence-corrected chi connectivity index (χ4v) is 3.73. The van der Waals surface area contributed by atoms with Crippen LogP contribution in [0.5, 0.6) is 11.5 Å². The first-order valence-electron chi connectivity index (χ1n) is 10.6. The summed E-state index contributed by atoms with van der Waals surface area (Å²) in [4.78, 5) is 15.5. The summed E-state index contributed by atoms with van der Waals surface area (Å²) in [5, 5.41) is 0. The number of piperazine rings is 1. The fourth-order valence-electron chi connectivity index (χ4n) is 3.73. The predicted octanol–water partition coefficient (Wildman–Crippen LogP) is 4.46. The maximum Gasteiger partial charge on any atom is 0.422 e. The van der Waals surface area contributed by atoms with Gasteiger partial charge in [-0.15, -0.1) is 0 Å². The molecule has 1 heterocycles. The molecule has 180 valence electrons. The number of nitrogens with zero attached hydrogens (tertiary/aromatic N) is 2. The maximum atomic E-state index is 14.2. The number of halogens is 3. The van der Waals surface area contributed by atoms with Crippen molar-refractivity contribution in [1.29, 1.82) is 0 Å². The topological polar surface area (TPSA) is 94.0 Å². The van der Waals surface area contributed by atoms with E-state index in [-0.39, 0.29) is 49.1 Å². The third-order valence-corrected chi connectivity index (χ3v) is 5.12. The Morgan fingerprint density at radius 2 is 1.76 bits per heavy atom. The van der Waals surface area contributed by atoms with Crippen LogP contribution in [0.4, 0.5) is 29.3 Å². The quantitative estimate of drug-likeness (QED) is 0.646. The second-order valence-electron chi connectivity index (χ2n) is 8.80. The van der Waals surface area contributed by atoms with Gasteiger partial charge >= 0.3 is 12.3 Å². The molecule has 0 saturated carbocycles. The number of anilines is 2. The highest BCUT2D eigenvalue weighted by Crippen LogP contribution is 2.47. The van der Waals surface area contributed by atoms with Gasteiger partial charge in [-0.05, 0) is 45.0 Å². The fraction of sp³-hybridized carbons (Fsp3) is 0.435. The van der Waals surface area contributed by atoms with Gasteiger partial charge < -0.3 is 30.7 Å². The monoisotopic (exact) mass is 466 g/mol. The number of para-hydroxylation sites is 1. The molecule has 0 radical (unpaired) electrons. The molecule has 2 aromatic carbocycles. The highest BCUT2D eigenvalue weighted by atomic mass is 19.4. The summed E-state index contributed by atoms with van der Waals surface area (Å²) in [5.41, 5.74) is 10.0. The Balaban J connectivity index is 1.95. The smallest absolute Gasteiger partial charge is 0.422 e. The van der Waals surface area contributed by atoms with Gasteiger partial charge in [-0.25, -0.2) is 4.79 Å². The van der Waals surface area contributed by atoms with Crippen molar-refractivity contribution in [1.82, 2.24) is 4.90 Å². The van der Waals surface area contributed by atoms with Crippen LogP contribution in [-0.4, -0.2) is 48.8 Å². The Bertz CT molecular complexity index is 977. The van der Waals surface area contributed by atoms with E-state index in [0.29, 0.717) is 0 Å². The molecule has 1 amide bonds. The molecule has 1 aliphatic rings. The van der Waals surface area contributed by atoms with Crippen molar-refractivity contribution in [2.45, 2.75) is 38.6 Å². The average Bonchev–Trinajstić information content (AvgIpc) is 2.73. The third-order valence-electron chi connectivity index (χ3n) is 5.12. The third kappa shape index (κ3) is 5.81. The lowest BCUT2D eigenvalue weighted by atomic mass is 10.0. The van der Waals surface area contributed by atoms with E-state index in [0.717, 1.165) is 0 Å². The molecule has 0 unspecified atom stereocenters. The molecule has 0 bridgehead atoms. The van der Waals surface area contributed by atoms with Gasteiger partial charge in [0.1, 0.15) is 22.7 Å². The zero-order chi connectivity index (χ0) is 24.4. The standard InChI is InChI=1S/C23H29F3N4O3/c1-22(2,3)33-21(31)30-12-11-29(14-15(30)13-27)20-17(28)9-10-18(19(20)23(24,25)26)32-16-7-5-4-6-8-16/h4-10,15H,11-14,27-28H2,1-3H3/t15-/m0/s1. The molecule has 2 aromatic rings. The summed E-state index contributed by atoms with van der Waals surface area (Å²) in [7, 11) is 0. The molecule has 1 aliphatic heterocycles. The number of hydrogen-bond donors (Lipinski definition) is 2. The van der Waals surface area contributed by atoms with Crippen molar-refractivity contribution in [3.05, 3.63) is 48.0 Å². The van der Waals surface area contributed by atoms with Gasteiger partial charge in [0.15, 0.2) is 0 Å². The number of hydrogen-bond acceptors (Lipinski definition) is 6. The highest BCUT2D eigenvalue weighted by Gasteiger charge is 2.42. The maximum absolute atomic E-state index is 14.2. The molecule has 0 aliphatic carbocycles. The van der Waals surface area contributed by atoms with Crippen LogP contribution in [-0.2, 0) is 10.9 Å². The van der Waals surface area contributed by atoms with Crippen LogP contribution in [0.25, 0.3) is 0 Å². The van der Waals surface area contributed by atoms with Crippen LogP contribution in [0, 0.1) is 0 Å². The molecular weight excluding hydrogens is 437 g/mol. The Morgan fingerprint density at radius 3 is 2.33 bits per heavy atom. The van der Waals surface area contributed by atoms with Crippen LogP contribution in [0.3, 0.4) is 0 Å². The summed E-state index contributed by atoms with van der Waals surface area (Å²) < 4.78 is 53.7. The molecule has 0 spiro atoms. The number of ether oxygens (including phenoxy) is 2. The van der Waals surface area contributed by atoms with Crippen molar-refractivity contribution in [3.8, 4) is 11.5 Å². The van der Waals surface area contributed by atoms with E-state index < -0.39 is 29.5 Å². The Labute approximate surface area is 191 Å². The van der Waals surface area contributed by atoms with Crippen LogP contribution < -0.4 is 21.1 Å². The highest BCUT2D eigenvalue weighted by molar-refractivity contribution is 5.77. The van der Waals surface area contributed by atoms with Gasteiger partial charge in [0.25, 0.3) is 0 Å². The van der Waals surface area contributed by atoms with E-state index >= 15 is 0 Å². The minimum Gasteiger partial charge on any atom is -0.457 e. The molecule has 33 heavy (non-hydrogen) atoms. The molecule has 7 nitrogen and oxygen atoms in total. The van der Waals surface area contributed by atoms with Gasteiger partial charge in [0.2, 0.25) is 0 Å². The second kappa shape index (κ2) is 9.38. The molecule has 0 aromatic heterocycles. The number of amides is 1. The van der Waals surface area contributed by atoms with Crippen molar-refractivity contribution >= 4 is 17.5 Å². The zero-order valence-corrected chi connectivity index (χ0v) is 18.9. The van der Waals surface area contributed by atoms with E-state index in [1.54, 1.807) is 51.1 Å². The van der Waals surface area contributed by atoms with Crippen molar-refractivity contribution in [3.63, 3.8) is 0 Å². The number of rotatable bonds is 4. The van der Waals surface area contributed by atoms with Crippen LogP contribution in [0.1, 0.15) is 26.3 Å². The molecule has 1 atom stereocenters. The lowest BCUT2D eigenvalue weighted by Crippen LogP contribution is -2.59. The number of carbonyl (C=O) groups excluding carboxylic acids is 1. The number of carbonyl (C=O) groups is 1. The summed E-state index contributed by atoms with van der Waals surface area (Å²) in [6, 6.07) is 10.3. The minimum atomic E-state index is -4.73. The minimum absolute atomic E-state index is 0.0378. The SMILES string of the molecule is CC(C)(C)OC(=O)N1CCN(c2c(N)ccc(Oc3ccccc3)c2C(F)(F)F)C[C@@H]1CN. The van der Waals surface area contributed by atoms with Crippen LogP contribution in [0.2, 0.25) is 0 Å². The first-order chi connectivity index (χ1) is 15.4. The number of nitrogens with two attached hydrogens (primary N) is 2. The van der Waals surface area contributed by atoms with E-state index in [1.807, 2.05) is 0 Å². The summed E-state index contributed by atoms with van der Waals surface area (Å²) in [6.07, 6.45) is -5.28. The van der Waals surface area contributed by atoms with Gasteiger partial charge in [0, 0.05) is 26.2 Å². The van der Waals surface area contributed by atoms with E-state index in [1.165, 1.54) is 21.9 Å². The van der Waals surface area contributed by atoms with Crippen molar-refractivity contribution in [2.75, 3.05) is 36.8 Å². The summed E-state index contributed by atoms with van der Waals surface area (Å²) in [6.45, 7) is 5.61. The molecule has 10 heteroatoms. The van der Waals surface area contributed by atoms with Gasteiger partial charge in [0.05, 0.1) is 17.4 Å². The van der Waals surface area contributed by atoms with E-state index in [9.17, 15) is 18.0 Å². The molecule has 4 N–H and O–H groups in total. The van der Waals surface area contributed by atoms with Crippen LogP contribution >= 0.6 is 0 Å². The largest absolute Gasteiger partial charge is 0.457 e. The summed E-state index contributed by atoms with van der Waals surface area (Å²) >= 11 is 0. The first kappa shape index (κ1) is 24.5. The van der Waals surface area contributed by atoms with Crippen molar-refractivity contribution < 1.29 is 27.4 Å². The Kier molecular flexibility index (Phi) is 6.97. The van der Waals surface area contributed by atoms with Gasteiger partial charge in [-0.3, -0.25) is 0 Å². The zero-order valence-electron chi connectivity index (χ0n) is 18.9. The second-order valence-corrected chi connectivity index (χ2v) is 8.80. The molecule has 1 saturated heterocycles. The molecule has 1 fully saturated rings. The number of benzene rings is 2. The molecular formula is C23H29F3N4O3. The lowest BCUT2D eigenvalue weighted by molar-refractivity contribution is -0.138. The van der Waals surface area contributed by atoms with Crippen LogP contribution in [0.15, 0.2) is 42.5 Å². The Hall–Kier alpha value is -3.14.